The number of thiophene rings is 1. The van der Waals surface area contributed by atoms with Crippen LogP contribution in [0.15, 0.2) is 35.4 Å². The predicted molar refractivity (Wildman–Crippen MR) is 119 cm³/mol. The third-order valence-electron chi connectivity index (χ3n) is 5.91. The van der Waals surface area contributed by atoms with Gasteiger partial charge < -0.3 is 10.0 Å². The molecular formula is C22H24ClN3O3S. The number of carbonyl (C=O) groups excluding carboxylic acids is 1. The summed E-state index contributed by atoms with van der Waals surface area (Å²) in [7, 11) is 0. The Bertz CT molecular complexity index is 1160. The molecule has 0 aliphatic carbocycles. The third-order valence-corrected chi connectivity index (χ3v) is 7.26. The first-order valence-corrected chi connectivity index (χ1v) is 11.1. The number of amides is 1. The second kappa shape index (κ2) is 8.13. The van der Waals surface area contributed by atoms with Gasteiger partial charge in [0.15, 0.2) is 0 Å². The summed E-state index contributed by atoms with van der Waals surface area (Å²) in [5.41, 5.74) is 0.677. The smallest absolute Gasteiger partial charge is 0.262 e. The maximum atomic E-state index is 12.9. The van der Waals surface area contributed by atoms with Crippen molar-refractivity contribution in [1.82, 2.24) is 14.5 Å². The van der Waals surface area contributed by atoms with Crippen LogP contribution in [0.25, 0.3) is 10.2 Å². The van der Waals surface area contributed by atoms with Gasteiger partial charge in [0.25, 0.3) is 5.56 Å². The lowest BCUT2D eigenvalue weighted by Crippen LogP contribution is -2.50. The molecule has 4 rings (SSSR count). The Morgan fingerprint density at radius 3 is 2.73 bits per heavy atom. The van der Waals surface area contributed by atoms with Gasteiger partial charge in [0.2, 0.25) is 5.91 Å². The summed E-state index contributed by atoms with van der Waals surface area (Å²) >= 11 is 7.51. The average molecular weight is 446 g/mol. The van der Waals surface area contributed by atoms with Crippen LogP contribution in [-0.4, -0.2) is 44.2 Å². The molecule has 1 amide bonds. The van der Waals surface area contributed by atoms with E-state index in [0.29, 0.717) is 36.3 Å². The monoisotopic (exact) mass is 445 g/mol. The Morgan fingerprint density at radius 1 is 1.30 bits per heavy atom. The van der Waals surface area contributed by atoms with Gasteiger partial charge in [-0.05, 0) is 49.9 Å². The van der Waals surface area contributed by atoms with Crippen LogP contribution in [0.2, 0.25) is 5.02 Å². The molecule has 0 radical (unpaired) electrons. The fourth-order valence-corrected chi connectivity index (χ4v) is 5.16. The summed E-state index contributed by atoms with van der Waals surface area (Å²) in [6.07, 6.45) is 2.64. The van der Waals surface area contributed by atoms with Crippen LogP contribution >= 0.6 is 22.9 Å². The van der Waals surface area contributed by atoms with E-state index in [1.165, 1.54) is 22.2 Å². The van der Waals surface area contributed by atoms with E-state index in [1.54, 1.807) is 17.0 Å². The molecule has 158 valence electrons. The van der Waals surface area contributed by atoms with Gasteiger partial charge >= 0.3 is 0 Å². The molecule has 1 aliphatic rings. The maximum absolute atomic E-state index is 12.9. The minimum Gasteiger partial charge on any atom is -0.388 e. The highest BCUT2D eigenvalue weighted by molar-refractivity contribution is 7.18. The highest BCUT2D eigenvalue weighted by Gasteiger charge is 2.34. The van der Waals surface area contributed by atoms with Crippen molar-refractivity contribution in [1.29, 1.82) is 0 Å². The molecule has 0 atom stereocenters. The molecule has 0 bridgehead atoms. The number of fused-ring (bicyclic) bond motifs is 1. The number of aliphatic hydroxyl groups is 1. The van der Waals surface area contributed by atoms with Crippen molar-refractivity contribution in [3.8, 4) is 0 Å². The van der Waals surface area contributed by atoms with Crippen LogP contribution in [0.1, 0.15) is 28.8 Å². The van der Waals surface area contributed by atoms with E-state index < -0.39 is 5.60 Å². The summed E-state index contributed by atoms with van der Waals surface area (Å²) < 4.78 is 1.50. The van der Waals surface area contributed by atoms with E-state index in [1.807, 2.05) is 26.0 Å². The minimum absolute atomic E-state index is 0.0175. The van der Waals surface area contributed by atoms with Crippen LogP contribution in [0.4, 0.5) is 0 Å². The molecule has 2 aromatic heterocycles. The molecule has 1 aromatic carbocycles. The SMILES string of the molecule is Cc1sc2ncn(CC3(O)CCN(C(=O)Cc4cccc(Cl)c4)CC3)c(=O)c2c1C. The van der Waals surface area contributed by atoms with E-state index in [2.05, 4.69) is 4.98 Å². The zero-order valence-corrected chi connectivity index (χ0v) is 18.6. The molecule has 0 spiro atoms. The number of carbonyl (C=O) groups is 1. The number of piperidine rings is 1. The number of nitrogens with zero attached hydrogens (tertiary/aromatic N) is 3. The maximum Gasteiger partial charge on any atom is 0.262 e. The number of halogens is 1. The molecule has 1 N–H and O–H groups in total. The first-order chi connectivity index (χ1) is 14.3. The summed E-state index contributed by atoms with van der Waals surface area (Å²) in [6, 6.07) is 7.29. The highest BCUT2D eigenvalue weighted by atomic mass is 35.5. The molecule has 0 saturated carbocycles. The lowest BCUT2D eigenvalue weighted by atomic mass is 9.91. The molecular weight excluding hydrogens is 422 g/mol. The molecule has 8 heteroatoms. The zero-order valence-electron chi connectivity index (χ0n) is 17.0. The lowest BCUT2D eigenvalue weighted by Gasteiger charge is -2.38. The number of hydrogen-bond donors (Lipinski definition) is 1. The van der Waals surface area contributed by atoms with Gasteiger partial charge in [-0.3, -0.25) is 14.2 Å². The van der Waals surface area contributed by atoms with Crippen molar-refractivity contribution in [3.05, 3.63) is 62.0 Å². The molecule has 0 unspecified atom stereocenters. The van der Waals surface area contributed by atoms with Gasteiger partial charge in [0, 0.05) is 23.0 Å². The van der Waals surface area contributed by atoms with E-state index >= 15 is 0 Å². The van der Waals surface area contributed by atoms with Crippen molar-refractivity contribution >= 4 is 39.1 Å². The Hall–Kier alpha value is -2.22. The van der Waals surface area contributed by atoms with Gasteiger partial charge in [0.05, 0.1) is 30.3 Å². The first-order valence-electron chi connectivity index (χ1n) is 9.95. The first kappa shape index (κ1) is 21.0. The number of benzene rings is 1. The van der Waals surface area contributed by atoms with E-state index in [4.69, 9.17) is 11.6 Å². The van der Waals surface area contributed by atoms with Gasteiger partial charge in [-0.15, -0.1) is 11.3 Å². The van der Waals surface area contributed by atoms with Crippen LogP contribution in [-0.2, 0) is 17.8 Å². The largest absolute Gasteiger partial charge is 0.388 e. The quantitative estimate of drug-likeness (QED) is 0.668. The van der Waals surface area contributed by atoms with Crippen molar-refractivity contribution in [2.75, 3.05) is 13.1 Å². The topological polar surface area (TPSA) is 75.4 Å². The molecule has 1 saturated heterocycles. The fraction of sp³-hybridized carbons (Fsp3) is 0.409. The second-order valence-corrected chi connectivity index (χ2v) is 9.69. The third kappa shape index (κ3) is 4.15. The molecule has 1 fully saturated rings. The summed E-state index contributed by atoms with van der Waals surface area (Å²) in [6.45, 7) is 5.00. The molecule has 30 heavy (non-hydrogen) atoms. The normalized spacial score (nSPS) is 16.2. The minimum atomic E-state index is -1.04. The summed E-state index contributed by atoms with van der Waals surface area (Å²) in [5.74, 6) is 0.0175. The Labute approximate surface area is 183 Å². The van der Waals surface area contributed by atoms with Crippen LogP contribution < -0.4 is 5.56 Å². The van der Waals surface area contributed by atoms with Crippen LogP contribution in [0, 0.1) is 13.8 Å². The van der Waals surface area contributed by atoms with Crippen LogP contribution in [0.3, 0.4) is 0 Å². The van der Waals surface area contributed by atoms with Gasteiger partial charge in [-0.25, -0.2) is 4.98 Å². The number of rotatable bonds is 4. The van der Waals surface area contributed by atoms with Crippen molar-refractivity contribution in [3.63, 3.8) is 0 Å². The van der Waals surface area contributed by atoms with Gasteiger partial charge in [-0.2, -0.15) is 0 Å². The fourth-order valence-electron chi connectivity index (χ4n) is 3.96. The Morgan fingerprint density at radius 2 is 2.03 bits per heavy atom. The average Bonchev–Trinajstić information content (AvgIpc) is 2.99. The predicted octanol–water partition coefficient (Wildman–Crippen LogP) is 3.32. The highest BCUT2D eigenvalue weighted by Crippen LogP contribution is 2.27. The van der Waals surface area contributed by atoms with Gasteiger partial charge in [0.1, 0.15) is 4.83 Å². The number of aromatic nitrogens is 2. The molecule has 3 aromatic rings. The summed E-state index contributed by atoms with van der Waals surface area (Å²) in [5, 5.41) is 12.3. The van der Waals surface area contributed by atoms with E-state index in [0.717, 1.165) is 20.8 Å². The number of aryl methyl sites for hydroxylation is 2. The van der Waals surface area contributed by atoms with Crippen molar-refractivity contribution < 1.29 is 9.90 Å². The summed E-state index contributed by atoms with van der Waals surface area (Å²) in [4.78, 5) is 33.5. The lowest BCUT2D eigenvalue weighted by molar-refractivity contribution is -0.135. The molecule has 1 aliphatic heterocycles. The standard InChI is InChI=1S/C22H24ClN3O3S/c1-14-15(2)30-20-19(14)21(28)26(13-24-20)12-22(29)6-8-25(9-7-22)18(27)11-16-4-3-5-17(23)10-16/h3-5,10,13,29H,6-9,11-12H2,1-2H3. The number of likely N-dealkylation sites (tertiary alicyclic amines) is 1. The van der Waals surface area contributed by atoms with Gasteiger partial charge in [-0.1, -0.05) is 23.7 Å². The zero-order chi connectivity index (χ0) is 21.5. The van der Waals surface area contributed by atoms with E-state index in [9.17, 15) is 14.7 Å². The van der Waals surface area contributed by atoms with Crippen molar-refractivity contribution in [2.24, 2.45) is 0 Å². The second-order valence-electron chi connectivity index (χ2n) is 8.05. The van der Waals surface area contributed by atoms with Crippen molar-refractivity contribution in [2.45, 2.75) is 45.3 Å². The number of hydrogen-bond acceptors (Lipinski definition) is 5. The molecule has 3 heterocycles. The molecule has 6 nitrogen and oxygen atoms in total. The Kier molecular flexibility index (Phi) is 5.70. The van der Waals surface area contributed by atoms with Crippen LogP contribution in [0.5, 0.6) is 0 Å². The van der Waals surface area contributed by atoms with E-state index in [-0.39, 0.29) is 24.4 Å². The Balaban J connectivity index is 1.43.